The van der Waals surface area contributed by atoms with Crippen LogP contribution in [0.5, 0.6) is 0 Å². The first kappa shape index (κ1) is 17.7. The summed E-state index contributed by atoms with van der Waals surface area (Å²) in [6.07, 6.45) is 1.69. The predicted octanol–water partition coefficient (Wildman–Crippen LogP) is 2.86. The SMILES string of the molecule is Cc1nc(C(=O)N(C)C)ccc1C(=O)Nc1nc(-c2ccccn2)cs1. The van der Waals surface area contributed by atoms with E-state index in [1.165, 1.54) is 16.2 Å². The van der Waals surface area contributed by atoms with Crippen molar-refractivity contribution in [2.45, 2.75) is 6.92 Å². The molecular weight excluding hydrogens is 350 g/mol. The lowest BCUT2D eigenvalue weighted by Crippen LogP contribution is -2.23. The number of pyridine rings is 2. The van der Waals surface area contributed by atoms with Crippen molar-refractivity contribution in [2.75, 3.05) is 19.4 Å². The minimum Gasteiger partial charge on any atom is -0.343 e. The van der Waals surface area contributed by atoms with E-state index in [-0.39, 0.29) is 11.8 Å². The average Bonchev–Trinajstić information content (AvgIpc) is 3.10. The Morgan fingerprint density at radius 3 is 2.54 bits per heavy atom. The lowest BCUT2D eigenvalue weighted by atomic mass is 10.1. The number of hydrogen-bond acceptors (Lipinski definition) is 6. The molecule has 0 aliphatic rings. The normalized spacial score (nSPS) is 10.4. The Kier molecular flexibility index (Phi) is 5.04. The van der Waals surface area contributed by atoms with Crippen molar-refractivity contribution in [3.8, 4) is 11.4 Å². The summed E-state index contributed by atoms with van der Waals surface area (Å²) in [4.78, 5) is 38.8. The molecule has 3 heterocycles. The van der Waals surface area contributed by atoms with E-state index in [4.69, 9.17) is 0 Å². The summed E-state index contributed by atoms with van der Waals surface area (Å²) < 4.78 is 0. The number of rotatable bonds is 4. The van der Waals surface area contributed by atoms with Gasteiger partial charge >= 0.3 is 0 Å². The van der Waals surface area contributed by atoms with Gasteiger partial charge in [-0.15, -0.1) is 11.3 Å². The summed E-state index contributed by atoms with van der Waals surface area (Å²) in [7, 11) is 3.31. The van der Waals surface area contributed by atoms with Crippen molar-refractivity contribution in [1.29, 1.82) is 0 Å². The van der Waals surface area contributed by atoms with Crippen molar-refractivity contribution in [3.05, 3.63) is 58.9 Å². The molecule has 3 rings (SSSR count). The first-order chi connectivity index (χ1) is 12.5. The van der Waals surface area contributed by atoms with Crippen molar-refractivity contribution < 1.29 is 9.59 Å². The van der Waals surface area contributed by atoms with Crippen LogP contribution in [0, 0.1) is 6.92 Å². The minimum absolute atomic E-state index is 0.208. The molecular formula is C18H17N5O2S. The van der Waals surface area contributed by atoms with E-state index < -0.39 is 0 Å². The highest BCUT2D eigenvalue weighted by atomic mass is 32.1. The Hall–Kier alpha value is -3.13. The number of aromatic nitrogens is 3. The summed E-state index contributed by atoms with van der Waals surface area (Å²) in [5.74, 6) is -0.527. The highest BCUT2D eigenvalue weighted by Gasteiger charge is 2.16. The van der Waals surface area contributed by atoms with Crippen molar-refractivity contribution in [1.82, 2.24) is 19.9 Å². The van der Waals surface area contributed by atoms with Crippen LogP contribution in [0.4, 0.5) is 5.13 Å². The fraction of sp³-hybridized carbons (Fsp3) is 0.167. The van der Waals surface area contributed by atoms with Gasteiger partial charge in [-0.3, -0.25) is 19.9 Å². The van der Waals surface area contributed by atoms with E-state index in [0.29, 0.717) is 27.8 Å². The van der Waals surface area contributed by atoms with Gasteiger partial charge in [0.15, 0.2) is 5.13 Å². The van der Waals surface area contributed by atoms with Crippen LogP contribution in [0.25, 0.3) is 11.4 Å². The predicted molar refractivity (Wildman–Crippen MR) is 100 cm³/mol. The topological polar surface area (TPSA) is 88.1 Å². The molecule has 8 heteroatoms. The zero-order chi connectivity index (χ0) is 18.7. The molecule has 0 aliphatic heterocycles. The molecule has 1 N–H and O–H groups in total. The third-order valence-electron chi connectivity index (χ3n) is 3.61. The smallest absolute Gasteiger partial charge is 0.271 e. The average molecular weight is 367 g/mol. The quantitative estimate of drug-likeness (QED) is 0.766. The Morgan fingerprint density at radius 1 is 1.08 bits per heavy atom. The molecule has 0 aliphatic carbocycles. The van der Waals surface area contributed by atoms with Crippen molar-refractivity contribution >= 4 is 28.3 Å². The molecule has 0 saturated carbocycles. The summed E-state index contributed by atoms with van der Waals surface area (Å²) in [6.45, 7) is 1.70. The van der Waals surface area contributed by atoms with Crippen molar-refractivity contribution in [2.24, 2.45) is 0 Å². The highest BCUT2D eigenvalue weighted by molar-refractivity contribution is 7.14. The number of carbonyl (C=O) groups is 2. The lowest BCUT2D eigenvalue weighted by Gasteiger charge is -2.11. The largest absolute Gasteiger partial charge is 0.343 e. The van der Waals surface area contributed by atoms with E-state index in [1.54, 1.807) is 39.3 Å². The summed E-state index contributed by atoms with van der Waals surface area (Å²) in [5, 5.41) is 5.08. The second-order valence-corrected chi connectivity index (χ2v) is 6.59. The Bertz CT molecular complexity index is 953. The van der Waals surface area contributed by atoms with Crippen LogP contribution in [0.15, 0.2) is 41.9 Å². The van der Waals surface area contributed by atoms with E-state index in [9.17, 15) is 9.59 Å². The molecule has 132 valence electrons. The van der Waals surface area contributed by atoms with Gasteiger partial charge in [0.05, 0.1) is 17.0 Å². The van der Waals surface area contributed by atoms with Crippen molar-refractivity contribution in [3.63, 3.8) is 0 Å². The zero-order valence-electron chi connectivity index (χ0n) is 14.6. The fourth-order valence-corrected chi connectivity index (χ4v) is 2.98. The second-order valence-electron chi connectivity index (χ2n) is 5.74. The Morgan fingerprint density at radius 2 is 1.88 bits per heavy atom. The number of carbonyl (C=O) groups excluding carboxylic acids is 2. The van der Waals surface area contributed by atoms with Crippen LogP contribution in [0.2, 0.25) is 0 Å². The fourth-order valence-electron chi connectivity index (χ4n) is 2.28. The van der Waals surface area contributed by atoms with Gasteiger partial charge in [-0.2, -0.15) is 0 Å². The third-order valence-corrected chi connectivity index (χ3v) is 4.37. The van der Waals surface area contributed by atoms with Crippen LogP contribution < -0.4 is 5.32 Å². The summed E-state index contributed by atoms with van der Waals surface area (Å²) >= 11 is 1.32. The third kappa shape index (κ3) is 3.75. The number of nitrogens with one attached hydrogen (secondary N) is 1. The van der Waals surface area contributed by atoms with Crippen LogP contribution >= 0.6 is 11.3 Å². The van der Waals surface area contributed by atoms with Gasteiger partial charge in [0.2, 0.25) is 0 Å². The van der Waals surface area contributed by atoms with Gasteiger partial charge < -0.3 is 4.90 Å². The molecule has 2 amide bonds. The van der Waals surface area contributed by atoms with Gasteiger partial charge in [-0.25, -0.2) is 9.97 Å². The molecule has 7 nitrogen and oxygen atoms in total. The molecule has 0 fully saturated rings. The van der Waals surface area contributed by atoms with Gasteiger partial charge in [-0.05, 0) is 31.2 Å². The van der Waals surface area contributed by atoms with Crippen LogP contribution in [0.3, 0.4) is 0 Å². The number of anilines is 1. The molecule has 0 radical (unpaired) electrons. The number of amides is 2. The number of aryl methyl sites for hydroxylation is 1. The van der Waals surface area contributed by atoms with E-state index in [2.05, 4.69) is 20.3 Å². The van der Waals surface area contributed by atoms with E-state index in [0.717, 1.165) is 5.69 Å². The standard InChI is InChI=1S/C18H17N5O2S/c1-11-12(7-8-14(20-11)17(25)23(2)3)16(24)22-18-21-15(10-26-18)13-6-4-5-9-19-13/h4-10H,1-3H3,(H,21,22,24). The highest BCUT2D eigenvalue weighted by Crippen LogP contribution is 2.23. The van der Waals surface area contributed by atoms with Gasteiger partial charge in [0.1, 0.15) is 11.4 Å². The molecule has 0 unspecified atom stereocenters. The monoisotopic (exact) mass is 367 g/mol. The zero-order valence-corrected chi connectivity index (χ0v) is 15.4. The van der Waals surface area contributed by atoms with Gasteiger partial charge in [-0.1, -0.05) is 6.07 Å². The molecule has 0 atom stereocenters. The van der Waals surface area contributed by atoms with Crippen LogP contribution in [-0.4, -0.2) is 45.8 Å². The second kappa shape index (κ2) is 7.40. The molecule has 26 heavy (non-hydrogen) atoms. The maximum Gasteiger partial charge on any atom is 0.271 e. The molecule has 0 saturated heterocycles. The molecule has 0 spiro atoms. The summed E-state index contributed by atoms with van der Waals surface area (Å²) in [5.41, 5.74) is 2.63. The molecule has 3 aromatic heterocycles. The number of hydrogen-bond donors (Lipinski definition) is 1. The first-order valence-corrected chi connectivity index (χ1v) is 8.71. The minimum atomic E-state index is -0.319. The maximum atomic E-state index is 12.5. The lowest BCUT2D eigenvalue weighted by molar-refractivity contribution is 0.0821. The molecule has 0 aromatic carbocycles. The molecule has 3 aromatic rings. The van der Waals surface area contributed by atoms with Crippen LogP contribution in [0.1, 0.15) is 26.5 Å². The van der Waals surface area contributed by atoms with Crippen LogP contribution in [-0.2, 0) is 0 Å². The number of nitrogens with zero attached hydrogens (tertiary/aromatic N) is 4. The molecule has 0 bridgehead atoms. The number of thiazole rings is 1. The van der Waals surface area contributed by atoms with Gasteiger partial charge in [0, 0.05) is 25.7 Å². The Labute approximate surface area is 154 Å². The summed E-state index contributed by atoms with van der Waals surface area (Å²) in [6, 6.07) is 8.72. The maximum absolute atomic E-state index is 12.5. The van der Waals surface area contributed by atoms with E-state index in [1.807, 2.05) is 23.6 Å². The van der Waals surface area contributed by atoms with Gasteiger partial charge in [0.25, 0.3) is 11.8 Å². The Balaban J connectivity index is 1.76. The first-order valence-electron chi connectivity index (χ1n) is 7.83. The van der Waals surface area contributed by atoms with E-state index >= 15 is 0 Å².